The monoisotopic (exact) mass is 951 g/mol. The average molecular weight is 953 g/mol. The standard InChI is InChI=1S/C53H70ClN5O5SSi/c1-36-46-44(58(49(36)50(60)61-10)29-21-31-64-66(11,12)52(6,7)8)28-27-42(54)48(46)47-37(2)57(9)56-43(47)35-65-34-41-32-40(55-59(41)45-26-19-20-30-62-45)33-63-53(51(3,4)5,38-22-15-13-16-23-38)39-24-17-14-18-25-39/h13-18,22-25,27-28,32,45H,19-21,26,29-31,33-35H2,1-12H3. The Balaban J connectivity index is 1.19. The number of esters is 1. The molecule has 0 N–H and O–H groups in total. The fourth-order valence-corrected chi connectivity index (χ4v) is 11.6. The first kappa shape index (κ1) is 49.7. The van der Waals surface area contributed by atoms with E-state index in [1.165, 1.54) is 7.11 Å². The number of rotatable bonds is 17. The van der Waals surface area contributed by atoms with Crippen molar-refractivity contribution >= 4 is 48.6 Å². The van der Waals surface area contributed by atoms with Crippen LogP contribution in [-0.4, -0.2) is 58.7 Å². The SMILES string of the molecule is COC(=O)c1c(C)c2c(-c3c(CSCc4cc(COC(c5ccccc5)(c5ccccc5)C(C)(C)C)nn4C4CCCCO4)nn(C)c3C)c(Cl)ccc2n1CCCO[Si](C)(C)C(C)(C)C. The van der Waals surface area contributed by atoms with Crippen molar-refractivity contribution in [1.82, 2.24) is 24.1 Å². The summed E-state index contributed by atoms with van der Waals surface area (Å²) in [6.45, 7) is 24.3. The Bertz CT molecular complexity index is 2580. The molecule has 1 aliphatic heterocycles. The second kappa shape index (κ2) is 20.2. The van der Waals surface area contributed by atoms with Gasteiger partial charge in [0.15, 0.2) is 8.32 Å². The Morgan fingerprint density at radius 2 is 1.58 bits per heavy atom. The largest absolute Gasteiger partial charge is 0.464 e. The van der Waals surface area contributed by atoms with Gasteiger partial charge in [0.1, 0.15) is 17.5 Å². The van der Waals surface area contributed by atoms with E-state index in [1.807, 2.05) is 30.8 Å². The number of fused-ring (bicyclic) bond motifs is 1. The summed E-state index contributed by atoms with van der Waals surface area (Å²) in [4.78, 5) is 13.6. The predicted octanol–water partition coefficient (Wildman–Crippen LogP) is 13.3. The zero-order valence-electron chi connectivity index (χ0n) is 41.2. The predicted molar refractivity (Wildman–Crippen MR) is 272 cm³/mol. The molecule has 1 saturated heterocycles. The zero-order valence-corrected chi connectivity index (χ0v) is 43.8. The number of aryl methyl sites for hydroxylation is 3. The van der Waals surface area contributed by atoms with Crippen LogP contribution in [0.1, 0.15) is 123 Å². The van der Waals surface area contributed by atoms with Gasteiger partial charge in [-0.25, -0.2) is 9.48 Å². The molecule has 6 aromatic rings. The number of benzene rings is 3. The Hall–Kier alpha value is -4.17. The highest BCUT2D eigenvalue weighted by Gasteiger charge is 2.46. The lowest BCUT2D eigenvalue weighted by molar-refractivity contribution is -0.104. The fourth-order valence-electron chi connectivity index (χ4n) is 9.35. The lowest BCUT2D eigenvalue weighted by atomic mass is 9.68. The number of hydrogen-bond acceptors (Lipinski definition) is 8. The highest BCUT2D eigenvalue weighted by atomic mass is 35.5. The van der Waals surface area contributed by atoms with Gasteiger partial charge in [0.25, 0.3) is 0 Å². The van der Waals surface area contributed by atoms with Crippen LogP contribution in [0.25, 0.3) is 22.0 Å². The van der Waals surface area contributed by atoms with Crippen LogP contribution >= 0.6 is 23.4 Å². The smallest absolute Gasteiger partial charge is 0.354 e. The summed E-state index contributed by atoms with van der Waals surface area (Å²) in [6, 6.07) is 27.3. The number of halogens is 1. The van der Waals surface area contributed by atoms with Crippen molar-refractivity contribution in [2.24, 2.45) is 12.5 Å². The molecule has 354 valence electrons. The van der Waals surface area contributed by atoms with Crippen LogP contribution in [0.4, 0.5) is 0 Å². The normalized spacial score (nSPS) is 15.2. The van der Waals surface area contributed by atoms with Crippen LogP contribution < -0.4 is 0 Å². The van der Waals surface area contributed by atoms with Gasteiger partial charge in [0, 0.05) is 71.1 Å². The molecule has 1 aliphatic rings. The van der Waals surface area contributed by atoms with Crippen molar-refractivity contribution < 1.29 is 23.4 Å². The van der Waals surface area contributed by atoms with E-state index in [9.17, 15) is 4.79 Å². The molecule has 13 heteroatoms. The highest BCUT2D eigenvalue weighted by molar-refractivity contribution is 7.97. The molecule has 1 fully saturated rings. The van der Waals surface area contributed by atoms with Gasteiger partial charge in [-0.2, -0.15) is 10.2 Å². The molecule has 0 radical (unpaired) electrons. The van der Waals surface area contributed by atoms with Crippen molar-refractivity contribution in [3.8, 4) is 11.1 Å². The molecule has 3 aromatic carbocycles. The van der Waals surface area contributed by atoms with Crippen LogP contribution in [0.5, 0.6) is 0 Å². The van der Waals surface area contributed by atoms with Crippen LogP contribution in [0.15, 0.2) is 78.9 Å². The second-order valence-corrected chi connectivity index (χ2v) is 26.5. The molecular weight excluding hydrogens is 882 g/mol. The number of ether oxygens (including phenoxy) is 3. The van der Waals surface area contributed by atoms with Gasteiger partial charge in [0.2, 0.25) is 0 Å². The van der Waals surface area contributed by atoms with Crippen molar-refractivity contribution in [2.75, 3.05) is 20.3 Å². The van der Waals surface area contributed by atoms with E-state index in [4.69, 9.17) is 40.4 Å². The van der Waals surface area contributed by atoms with Crippen LogP contribution in [0, 0.1) is 19.3 Å². The lowest BCUT2D eigenvalue weighted by Crippen LogP contribution is -2.43. The first-order valence-corrected chi connectivity index (χ1v) is 27.8. The second-order valence-electron chi connectivity index (χ2n) is 20.3. The number of carbonyl (C=O) groups excluding carboxylic acids is 1. The Morgan fingerprint density at radius 1 is 0.909 bits per heavy atom. The first-order chi connectivity index (χ1) is 31.3. The maximum atomic E-state index is 13.6. The number of carbonyl (C=O) groups is 1. The summed E-state index contributed by atoms with van der Waals surface area (Å²) < 4.78 is 31.6. The summed E-state index contributed by atoms with van der Waals surface area (Å²) in [5, 5.41) is 12.0. The lowest BCUT2D eigenvalue weighted by Gasteiger charge is -2.45. The minimum atomic E-state index is -1.94. The number of nitrogens with zero attached hydrogens (tertiary/aromatic N) is 5. The summed E-state index contributed by atoms with van der Waals surface area (Å²) >= 11 is 9.03. The van der Waals surface area contributed by atoms with E-state index in [0.717, 1.165) is 87.2 Å². The Kier molecular flexibility index (Phi) is 15.2. The molecule has 0 aliphatic carbocycles. The van der Waals surface area contributed by atoms with Gasteiger partial charge < -0.3 is 23.2 Å². The minimum absolute atomic E-state index is 0.110. The molecule has 10 nitrogen and oxygen atoms in total. The zero-order chi connectivity index (χ0) is 47.6. The summed E-state index contributed by atoms with van der Waals surface area (Å²) in [7, 11) is 1.48. The van der Waals surface area contributed by atoms with E-state index in [0.29, 0.717) is 48.6 Å². The fraction of sp³-hybridized carbons (Fsp3) is 0.491. The topological polar surface area (TPSA) is 94.6 Å². The van der Waals surface area contributed by atoms with Crippen LogP contribution in [0.2, 0.25) is 23.2 Å². The van der Waals surface area contributed by atoms with Gasteiger partial charge in [-0.15, -0.1) is 11.8 Å². The van der Waals surface area contributed by atoms with E-state index in [2.05, 4.69) is 138 Å². The number of thioether (sulfide) groups is 1. The van der Waals surface area contributed by atoms with Crippen molar-refractivity contribution in [3.63, 3.8) is 0 Å². The van der Waals surface area contributed by atoms with Crippen molar-refractivity contribution in [1.29, 1.82) is 0 Å². The molecule has 0 bridgehead atoms. The maximum absolute atomic E-state index is 13.6. The molecule has 1 atom stereocenters. The molecule has 0 amide bonds. The average Bonchev–Trinajstić information content (AvgIpc) is 3.92. The molecular formula is C53H70ClN5O5SSi. The van der Waals surface area contributed by atoms with Crippen molar-refractivity contribution in [3.05, 3.63) is 129 Å². The third-order valence-electron chi connectivity index (χ3n) is 13.9. The molecule has 7 rings (SSSR count). The van der Waals surface area contributed by atoms with Gasteiger partial charge in [0.05, 0.1) is 30.8 Å². The number of hydrogen-bond donors (Lipinski definition) is 0. The summed E-state index contributed by atoms with van der Waals surface area (Å²) in [5.74, 6) is 0.929. The maximum Gasteiger partial charge on any atom is 0.354 e. The molecule has 0 spiro atoms. The van der Waals surface area contributed by atoms with Gasteiger partial charge in [-0.05, 0) is 98.0 Å². The van der Waals surface area contributed by atoms with Gasteiger partial charge in [-0.3, -0.25) is 4.68 Å². The quantitative estimate of drug-likeness (QED) is 0.0507. The van der Waals surface area contributed by atoms with Crippen LogP contribution in [0.3, 0.4) is 0 Å². The molecule has 0 saturated carbocycles. The summed E-state index contributed by atoms with van der Waals surface area (Å²) in [5.41, 5.74) is 9.21. The van der Waals surface area contributed by atoms with Gasteiger partial charge in [-0.1, -0.05) is 114 Å². The van der Waals surface area contributed by atoms with E-state index >= 15 is 0 Å². The first-order valence-electron chi connectivity index (χ1n) is 23.4. The van der Waals surface area contributed by atoms with E-state index in [1.54, 1.807) is 11.8 Å². The van der Waals surface area contributed by atoms with Gasteiger partial charge >= 0.3 is 5.97 Å². The summed E-state index contributed by atoms with van der Waals surface area (Å²) in [6.07, 6.45) is 3.65. The molecule has 3 aromatic heterocycles. The Labute approximate surface area is 402 Å². The van der Waals surface area contributed by atoms with E-state index in [-0.39, 0.29) is 22.7 Å². The third kappa shape index (κ3) is 9.87. The highest BCUT2D eigenvalue weighted by Crippen LogP contribution is 2.49. The third-order valence-corrected chi connectivity index (χ3v) is 19.7. The molecule has 4 heterocycles. The molecule has 66 heavy (non-hydrogen) atoms. The minimum Gasteiger partial charge on any atom is -0.464 e. The van der Waals surface area contributed by atoms with Crippen LogP contribution in [-0.2, 0) is 55.9 Å². The van der Waals surface area contributed by atoms with E-state index < -0.39 is 13.9 Å². The Morgan fingerprint density at radius 3 is 2.17 bits per heavy atom. The van der Waals surface area contributed by atoms with Crippen molar-refractivity contribution in [2.45, 2.75) is 136 Å². The number of aromatic nitrogens is 5. The molecule has 1 unspecified atom stereocenters. The number of methoxy groups -OCH3 is 1.